The zero-order valence-electron chi connectivity index (χ0n) is 11.8. The van der Waals surface area contributed by atoms with Crippen LogP contribution in [0.4, 0.5) is 5.69 Å². The van der Waals surface area contributed by atoms with Gasteiger partial charge in [-0.15, -0.1) is 0 Å². The number of carbonyl (C=O) groups is 1. The summed E-state index contributed by atoms with van der Waals surface area (Å²) in [4.78, 5) is 14.8. The van der Waals surface area contributed by atoms with Crippen molar-refractivity contribution in [3.63, 3.8) is 0 Å². The SMILES string of the molecule is COc1cccc(C(=O)NC2CCN(C3CC3)C2)c1N. The second-order valence-corrected chi connectivity index (χ2v) is 5.61. The van der Waals surface area contributed by atoms with E-state index in [2.05, 4.69) is 10.2 Å². The molecule has 1 saturated carbocycles. The number of nitrogens with one attached hydrogen (secondary N) is 1. The molecule has 0 radical (unpaired) electrons. The van der Waals surface area contributed by atoms with E-state index in [-0.39, 0.29) is 11.9 Å². The quantitative estimate of drug-likeness (QED) is 0.811. The molecule has 0 spiro atoms. The number of hydrogen-bond acceptors (Lipinski definition) is 4. The smallest absolute Gasteiger partial charge is 0.253 e. The molecule has 1 aromatic rings. The van der Waals surface area contributed by atoms with Crippen LogP contribution in [0.2, 0.25) is 0 Å². The first-order valence-corrected chi connectivity index (χ1v) is 7.16. The highest BCUT2D eigenvalue weighted by Gasteiger charge is 2.34. The molecule has 1 aliphatic heterocycles. The van der Waals surface area contributed by atoms with E-state index in [4.69, 9.17) is 10.5 Å². The molecule has 1 amide bonds. The van der Waals surface area contributed by atoms with Crippen molar-refractivity contribution in [3.8, 4) is 5.75 Å². The lowest BCUT2D eigenvalue weighted by Gasteiger charge is -2.16. The Labute approximate surface area is 119 Å². The van der Waals surface area contributed by atoms with Gasteiger partial charge in [0.15, 0.2) is 0 Å². The molecule has 1 unspecified atom stereocenters. The van der Waals surface area contributed by atoms with Crippen molar-refractivity contribution in [2.45, 2.75) is 31.3 Å². The van der Waals surface area contributed by atoms with Crippen LogP contribution in [0.25, 0.3) is 0 Å². The number of nitrogen functional groups attached to an aromatic ring is 1. The van der Waals surface area contributed by atoms with Crippen molar-refractivity contribution >= 4 is 11.6 Å². The first-order valence-electron chi connectivity index (χ1n) is 7.16. The third-order valence-electron chi connectivity index (χ3n) is 4.15. The maximum absolute atomic E-state index is 12.3. The van der Waals surface area contributed by atoms with E-state index >= 15 is 0 Å². The summed E-state index contributed by atoms with van der Waals surface area (Å²) in [6, 6.07) is 6.28. The molecule has 20 heavy (non-hydrogen) atoms. The van der Waals surface area contributed by atoms with E-state index in [0.717, 1.165) is 25.6 Å². The molecule has 3 rings (SSSR count). The Morgan fingerprint density at radius 2 is 2.20 bits per heavy atom. The van der Waals surface area contributed by atoms with E-state index < -0.39 is 0 Å². The predicted octanol–water partition coefficient (Wildman–Crippen LogP) is 1.24. The summed E-state index contributed by atoms with van der Waals surface area (Å²) in [5.74, 6) is 0.438. The summed E-state index contributed by atoms with van der Waals surface area (Å²) < 4.78 is 5.15. The molecule has 0 bridgehead atoms. The van der Waals surface area contributed by atoms with Crippen molar-refractivity contribution in [2.75, 3.05) is 25.9 Å². The molecule has 2 fully saturated rings. The van der Waals surface area contributed by atoms with Gasteiger partial charge >= 0.3 is 0 Å². The van der Waals surface area contributed by atoms with Crippen LogP contribution in [0.5, 0.6) is 5.75 Å². The molecule has 5 nitrogen and oxygen atoms in total. The monoisotopic (exact) mass is 275 g/mol. The van der Waals surface area contributed by atoms with Crippen LogP contribution < -0.4 is 15.8 Å². The van der Waals surface area contributed by atoms with E-state index in [0.29, 0.717) is 17.0 Å². The number of carbonyl (C=O) groups excluding carboxylic acids is 1. The van der Waals surface area contributed by atoms with E-state index in [1.54, 1.807) is 25.3 Å². The average Bonchev–Trinajstić information content (AvgIpc) is 3.20. The standard InChI is InChI=1S/C15H21N3O2/c1-20-13-4-2-3-12(14(13)16)15(19)17-10-7-8-18(9-10)11-5-6-11/h2-4,10-11H,5-9,16H2,1H3,(H,17,19). The van der Waals surface area contributed by atoms with Crippen molar-refractivity contribution < 1.29 is 9.53 Å². The Bertz CT molecular complexity index is 514. The van der Waals surface area contributed by atoms with E-state index in [1.165, 1.54) is 12.8 Å². The summed E-state index contributed by atoms with van der Waals surface area (Å²) in [7, 11) is 1.55. The number of anilines is 1. The number of likely N-dealkylation sites (tertiary alicyclic amines) is 1. The average molecular weight is 275 g/mol. The summed E-state index contributed by atoms with van der Waals surface area (Å²) in [5, 5.41) is 3.08. The van der Waals surface area contributed by atoms with Gasteiger partial charge < -0.3 is 15.8 Å². The lowest BCUT2D eigenvalue weighted by atomic mass is 10.1. The molecule has 1 atom stereocenters. The summed E-state index contributed by atoms with van der Waals surface area (Å²) in [6.07, 6.45) is 3.64. The first-order chi connectivity index (χ1) is 9.69. The lowest BCUT2D eigenvalue weighted by molar-refractivity contribution is 0.0938. The second kappa shape index (κ2) is 5.32. The third-order valence-corrected chi connectivity index (χ3v) is 4.15. The van der Waals surface area contributed by atoms with Crippen LogP contribution in [0.1, 0.15) is 29.6 Å². The summed E-state index contributed by atoms with van der Waals surface area (Å²) in [6.45, 7) is 2.05. The molecule has 1 saturated heterocycles. The molecular weight excluding hydrogens is 254 g/mol. The fraction of sp³-hybridized carbons (Fsp3) is 0.533. The largest absolute Gasteiger partial charge is 0.495 e. The Morgan fingerprint density at radius 3 is 2.90 bits per heavy atom. The maximum atomic E-state index is 12.3. The Kier molecular flexibility index (Phi) is 3.53. The summed E-state index contributed by atoms with van der Waals surface area (Å²) in [5.41, 5.74) is 6.86. The molecular formula is C15H21N3O2. The van der Waals surface area contributed by atoms with Crippen molar-refractivity contribution in [1.82, 2.24) is 10.2 Å². The fourth-order valence-electron chi connectivity index (χ4n) is 2.86. The van der Waals surface area contributed by atoms with Gasteiger partial charge in [-0.3, -0.25) is 9.69 Å². The number of benzene rings is 1. The van der Waals surface area contributed by atoms with Crippen molar-refractivity contribution in [1.29, 1.82) is 0 Å². The minimum atomic E-state index is -0.107. The number of rotatable bonds is 4. The highest BCUT2D eigenvalue weighted by molar-refractivity contribution is 6.00. The van der Waals surface area contributed by atoms with Gasteiger partial charge in [0.1, 0.15) is 5.75 Å². The molecule has 108 valence electrons. The van der Waals surface area contributed by atoms with Gasteiger partial charge in [0.05, 0.1) is 18.4 Å². The number of amides is 1. The normalized spacial score (nSPS) is 22.8. The third kappa shape index (κ3) is 2.58. The minimum Gasteiger partial charge on any atom is -0.495 e. The molecule has 3 N–H and O–H groups in total. The zero-order valence-corrected chi connectivity index (χ0v) is 11.8. The maximum Gasteiger partial charge on any atom is 0.253 e. The topological polar surface area (TPSA) is 67.6 Å². The number of ether oxygens (including phenoxy) is 1. The van der Waals surface area contributed by atoms with Crippen LogP contribution in [0.15, 0.2) is 18.2 Å². The number of para-hydroxylation sites is 1. The van der Waals surface area contributed by atoms with Crippen molar-refractivity contribution in [3.05, 3.63) is 23.8 Å². The van der Waals surface area contributed by atoms with Gasteiger partial charge in [-0.25, -0.2) is 0 Å². The van der Waals surface area contributed by atoms with Gasteiger partial charge in [-0.05, 0) is 31.4 Å². The van der Waals surface area contributed by atoms with Gasteiger partial charge in [0.25, 0.3) is 5.91 Å². The molecule has 1 aromatic carbocycles. The Morgan fingerprint density at radius 1 is 1.40 bits per heavy atom. The Hall–Kier alpha value is -1.75. The van der Waals surface area contributed by atoms with Gasteiger partial charge in [0, 0.05) is 25.2 Å². The van der Waals surface area contributed by atoms with Crippen LogP contribution in [-0.2, 0) is 0 Å². The van der Waals surface area contributed by atoms with Crippen LogP contribution >= 0.6 is 0 Å². The molecule has 0 aromatic heterocycles. The predicted molar refractivity (Wildman–Crippen MR) is 77.9 cm³/mol. The minimum absolute atomic E-state index is 0.107. The molecule has 5 heteroatoms. The van der Waals surface area contributed by atoms with Gasteiger partial charge in [-0.1, -0.05) is 6.07 Å². The van der Waals surface area contributed by atoms with Gasteiger partial charge in [0.2, 0.25) is 0 Å². The summed E-state index contributed by atoms with van der Waals surface area (Å²) >= 11 is 0. The van der Waals surface area contributed by atoms with Crippen LogP contribution in [-0.4, -0.2) is 43.1 Å². The van der Waals surface area contributed by atoms with Crippen LogP contribution in [0.3, 0.4) is 0 Å². The number of nitrogens with two attached hydrogens (primary N) is 1. The molecule has 2 aliphatic rings. The van der Waals surface area contributed by atoms with E-state index in [9.17, 15) is 4.79 Å². The molecule has 1 heterocycles. The number of methoxy groups -OCH3 is 1. The van der Waals surface area contributed by atoms with Gasteiger partial charge in [-0.2, -0.15) is 0 Å². The lowest BCUT2D eigenvalue weighted by Crippen LogP contribution is -2.37. The molecule has 1 aliphatic carbocycles. The van der Waals surface area contributed by atoms with E-state index in [1.807, 2.05) is 0 Å². The zero-order chi connectivity index (χ0) is 14.1. The van der Waals surface area contributed by atoms with Crippen molar-refractivity contribution in [2.24, 2.45) is 0 Å². The highest BCUT2D eigenvalue weighted by Crippen LogP contribution is 2.30. The second-order valence-electron chi connectivity index (χ2n) is 5.61. The fourth-order valence-corrected chi connectivity index (χ4v) is 2.86. The number of hydrogen-bond donors (Lipinski definition) is 2. The number of nitrogens with zero attached hydrogens (tertiary/aromatic N) is 1. The highest BCUT2D eigenvalue weighted by atomic mass is 16.5. The first kappa shape index (κ1) is 13.2. The Balaban J connectivity index is 1.64. The van der Waals surface area contributed by atoms with Crippen LogP contribution in [0, 0.1) is 0 Å².